The first-order valence-electron chi connectivity index (χ1n) is 7.74. The van der Waals surface area contributed by atoms with Crippen LogP contribution in [0.1, 0.15) is 44.2 Å². The van der Waals surface area contributed by atoms with Crippen LogP contribution in [0.5, 0.6) is 0 Å². The molecule has 1 amide bonds. The normalized spacial score (nSPS) is 21.1. The lowest BCUT2D eigenvalue weighted by molar-refractivity contribution is -0.0263. The van der Waals surface area contributed by atoms with Crippen molar-refractivity contribution < 1.29 is 9.53 Å². The molecule has 116 valence electrons. The summed E-state index contributed by atoms with van der Waals surface area (Å²) in [6.07, 6.45) is 5.12. The molecule has 0 unspecified atom stereocenters. The molecule has 22 heavy (non-hydrogen) atoms. The molecule has 1 saturated heterocycles. The molecule has 6 heteroatoms. The second kappa shape index (κ2) is 5.52. The Morgan fingerprint density at radius 3 is 3.18 bits per heavy atom. The van der Waals surface area contributed by atoms with E-state index < -0.39 is 0 Å². The van der Waals surface area contributed by atoms with E-state index in [4.69, 9.17) is 4.74 Å². The number of fused-ring (bicyclic) bond motifs is 1. The lowest BCUT2D eigenvalue weighted by atomic mass is 10.2. The van der Waals surface area contributed by atoms with Crippen molar-refractivity contribution in [3.63, 3.8) is 0 Å². The molecular weight excluding hydrogens is 298 g/mol. The summed E-state index contributed by atoms with van der Waals surface area (Å²) < 4.78 is 5.77. The van der Waals surface area contributed by atoms with Crippen LogP contribution in [0.3, 0.4) is 0 Å². The van der Waals surface area contributed by atoms with Crippen LogP contribution in [-0.2, 0) is 17.6 Å². The van der Waals surface area contributed by atoms with Gasteiger partial charge < -0.3 is 14.6 Å². The SMILES string of the molecule is Cc1cnc([C@H]2CN(C(=O)c3cc4c(s3)CCC4)CCO2)[nH]1. The average Bonchev–Trinajstić information content (AvgIpc) is 3.21. The zero-order chi connectivity index (χ0) is 15.1. The van der Waals surface area contributed by atoms with Gasteiger partial charge in [0.05, 0.1) is 18.0 Å². The summed E-state index contributed by atoms with van der Waals surface area (Å²) in [4.78, 5) is 24.4. The standard InChI is InChI=1S/C16H19N3O2S/c1-10-8-17-15(18-10)12-9-19(5-6-21-12)16(20)14-7-11-3-2-4-13(11)22-14/h7-8,12H,2-6,9H2,1H3,(H,17,18)/t12-/m1/s1. The van der Waals surface area contributed by atoms with Crippen molar-refractivity contribution in [2.45, 2.75) is 32.3 Å². The number of ether oxygens (including phenoxy) is 1. The minimum atomic E-state index is -0.154. The highest BCUT2D eigenvalue weighted by Crippen LogP contribution is 2.32. The van der Waals surface area contributed by atoms with Gasteiger partial charge in [0.2, 0.25) is 0 Å². The highest BCUT2D eigenvalue weighted by atomic mass is 32.1. The van der Waals surface area contributed by atoms with E-state index in [2.05, 4.69) is 16.0 Å². The van der Waals surface area contributed by atoms with E-state index in [-0.39, 0.29) is 12.0 Å². The zero-order valence-corrected chi connectivity index (χ0v) is 13.4. The third kappa shape index (κ3) is 2.46. The van der Waals surface area contributed by atoms with E-state index in [1.807, 2.05) is 11.8 Å². The summed E-state index contributed by atoms with van der Waals surface area (Å²) in [5.41, 5.74) is 2.39. The third-order valence-electron chi connectivity index (χ3n) is 4.34. The molecule has 3 heterocycles. The van der Waals surface area contributed by atoms with Gasteiger partial charge in [0, 0.05) is 23.3 Å². The van der Waals surface area contributed by atoms with E-state index >= 15 is 0 Å². The van der Waals surface area contributed by atoms with Crippen molar-refractivity contribution in [1.82, 2.24) is 14.9 Å². The van der Waals surface area contributed by atoms with Gasteiger partial charge in [0.1, 0.15) is 11.9 Å². The second-order valence-corrected chi connectivity index (χ2v) is 7.11. The number of nitrogens with one attached hydrogen (secondary N) is 1. The van der Waals surface area contributed by atoms with Crippen molar-refractivity contribution in [1.29, 1.82) is 0 Å². The minimum Gasteiger partial charge on any atom is -0.367 e. The number of thiophene rings is 1. The number of morpholine rings is 1. The number of carbonyl (C=O) groups excluding carboxylic acids is 1. The fraction of sp³-hybridized carbons (Fsp3) is 0.500. The van der Waals surface area contributed by atoms with E-state index in [0.717, 1.165) is 29.2 Å². The molecule has 1 N–H and O–H groups in total. The topological polar surface area (TPSA) is 58.2 Å². The van der Waals surface area contributed by atoms with Crippen molar-refractivity contribution in [3.05, 3.63) is 39.1 Å². The van der Waals surface area contributed by atoms with Gasteiger partial charge in [-0.1, -0.05) is 0 Å². The summed E-state index contributed by atoms with van der Waals surface area (Å²) in [6, 6.07) is 2.09. The highest BCUT2D eigenvalue weighted by molar-refractivity contribution is 7.14. The first kappa shape index (κ1) is 14.0. The quantitative estimate of drug-likeness (QED) is 0.926. The van der Waals surface area contributed by atoms with E-state index in [9.17, 15) is 4.79 Å². The lowest BCUT2D eigenvalue weighted by Gasteiger charge is -2.31. The van der Waals surface area contributed by atoms with Crippen LogP contribution in [0, 0.1) is 6.92 Å². The molecule has 1 fully saturated rings. The maximum absolute atomic E-state index is 12.7. The van der Waals surface area contributed by atoms with Gasteiger partial charge >= 0.3 is 0 Å². The Kier molecular flexibility index (Phi) is 3.50. The maximum atomic E-state index is 12.7. The molecule has 1 aliphatic carbocycles. The van der Waals surface area contributed by atoms with Crippen LogP contribution in [-0.4, -0.2) is 40.5 Å². The average molecular weight is 317 g/mol. The van der Waals surface area contributed by atoms with Gasteiger partial charge in [-0.3, -0.25) is 4.79 Å². The predicted molar refractivity (Wildman–Crippen MR) is 84.3 cm³/mol. The van der Waals surface area contributed by atoms with Crippen molar-refractivity contribution >= 4 is 17.2 Å². The molecule has 2 aromatic rings. The van der Waals surface area contributed by atoms with Crippen molar-refractivity contribution in [2.75, 3.05) is 19.7 Å². The van der Waals surface area contributed by atoms with Gasteiger partial charge in [0.25, 0.3) is 5.91 Å². The summed E-state index contributed by atoms with van der Waals surface area (Å²) in [5.74, 6) is 0.944. The number of nitrogens with zero attached hydrogens (tertiary/aromatic N) is 2. The molecule has 1 atom stereocenters. The second-order valence-electron chi connectivity index (χ2n) is 5.97. The number of hydrogen-bond donors (Lipinski definition) is 1. The summed E-state index contributed by atoms with van der Waals surface area (Å²) in [6.45, 7) is 3.74. The summed E-state index contributed by atoms with van der Waals surface area (Å²) >= 11 is 1.67. The Bertz CT molecular complexity index is 685. The third-order valence-corrected chi connectivity index (χ3v) is 5.56. The molecule has 0 saturated carbocycles. The first-order valence-corrected chi connectivity index (χ1v) is 8.56. The van der Waals surface area contributed by atoms with Crippen molar-refractivity contribution in [2.24, 2.45) is 0 Å². The largest absolute Gasteiger partial charge is 0.367 e. The van der Waals surface area contributed by atoms with Crippen LogP contribution in [0.25, 0.3) is 0 Å². The maximum Gasteiger partial charge on any atom is 0.264 e. The van der Waals surface area contributed by atoms with Crippen molar-refractivity contribution in [3.8, 4) is 0 Å². The predicted octanol–water partition coefficient (Wildman–Crippen LogP) is 2.48. The van der Waals surface area contributed by atoms with Gasteiger partial charge in [0.15, 0.2) is 0 Å². The van der Waals surface area contributed by atoms with Gasteiger partial charge in [-0.2, -0.15) is 0 Å². The lowest BCUT2D eigenvalue weighted by Crippen LogP contribution is -2.42. The molecule has 5 nitrogen and oxygen atoms in total. The van der Waals surface area contributed by atoms with E-state index in [0.29, 0.717) is 19.7 Å². The summed E-state index contributed by atoms with van der Waals surface area (Å²) in [7, 11) is 0. The van der Waals surface area contributed by atoms with Crippen LogP contribution >= 0.6 is 11.3 Å². The number of aromatic amines is 1. The molecule has 0 bridgehead atoms. The molecule has 4 rings (SSSR count). The van der Waals surface area contributed by atoms with Gasteiger partial charge in [-0.05, 0) is 37.8 Å². The Morgan fingerprint density at radius 1 is 1.50 bits per heavy atom. The van der Waals surface area contributed by atoms with E-state index in [1.54, 1.807) is 17.5 Å². The number of aryl methyl sites for hydroxylation is 3. The molecule has 1 aliphatic heterocycles. The molecular formula is C16H19N3O2S. The Hall–Kier alpha value is -1.66. The highest BCUT2D eigenvalue weighted by Gasteiger charge is 2.29. The van der Waals surface area contributed by atoms with E-state index in [1.165, 1.54) is 16.9 Å². The van der Waals surface area contributed by atoms with Crippen LogP contribution in [0.2, 0.25) is 0 Å². The molecule has 0 aromatic carbocycles. The molecule has 2 aliphatic rings. The number of aromatic nitrogens is 2. The van der Waals surface area contributed by atoms with Gasteiger partial charge in [-0.15, -0.1) is 11.3 Å². The number of rotatable bonds is 2. The zero-order valence-electron chi connectivity index (χ0n) is 12.6. The fourth-order valence-electron chi connectivity index (χ4n) is 3.19. The number of hydrogen-bond acceptors (Lipinski definition) is 4. The molecule has 2 aromatic heterocycles. The number of amides is 1. The number of carbonyl (C=O) groups is 1. The Labute approximate surface area is 133 Å². The monoisotopic (exact) mass is 317 g/mol. The number of imidazole rings is 1. The van der Waals surface area contributed by atoms with Crippen LogP contribution < -0.4 is 0 Å². The van der Waals surface area contributed by atoms with Gasteiger partial charge in [-0.25, -0.2) is 4.98 Å². The van der Waals surface area contributed by atoms with Crippen LogP contribution in [0.15, 0.2) is 12.3 Å². The smallest absolute Gasteiger partial charge is 0.264 e. The molecule has 0 radical (unpaired) electrons. The Morgan fingerprint density at radius 2 is 2.41 bits per heavy atom. The Balaban J connectivity index is 1.50. The van der Waals surface area contributed by atoms with Crippen LogP contribution in [0.4, 0.5) is 0 Å². The number of H-pyrrole nitrogens is 1. The fourth-order valence-corrected chi connectivity index (χ4v) is 4.41. The first-order chi connectivity index (χ1) is 10.7. The molecule has 0 spiro atoms. The minimum absolute atomic E-state index is 0.135. The summed E-state index contributed by atoms with van der Waals surface area (Å²) in [5, 5.41) is 0.